The minimum atomic E-state index is -3.42. The normalized spacial score (nSPS) is 12.1. The van der Waals surface area contributed by atoms with Gasteiger partial charge in [-0.3, -0.25) is 0 Å². The molecule has 0 bridgehead atoms. The van der Waals surface area contributed by atoms with E-state index in [0.717, 1.165) is 6.42 Å². The molecule has 0 amide bonds. The van der Waals surface area contributed by atoms with E-state index in [0.29, 0.717) is 18.3 Å². The molecule has 1 N–H and O–H groups in total. The van der Waals surface area contributed by atoms with Crippen molar-refractivity contribution in [1.82, 2.24) is 9.29 Å². The molecule has 0 atom stereocenters. The van der Waals surface area contributed by atoms with Crippen LogP contribution in [0.5, 0.6) is 0 Å². The van der Waals surface area contributed by atoms with Crippen molar-refractivity contribution in [3.63, 3.8) is 0 Å². The number of hydrogen-bond donors (Lipinski definition) is 1. The Balaban J connectivity index is 2.84. The SMILES string of the molecule is CNc1ccc(S(=O)(=O)N(C)CCC(C)C)cn1. The number of pyridine rings is 1. The molecule has 0 unspecified atom stereocenters. The first-order chi connectivity index (χ1) is 8.37. The van der Waals surface area contributed by atoms with Crippen LogP contribution in [-0.2, 0) is 10.0 Å². The minimum Gasteiger partial charge on any atom is -0.373 e. The summed E-state index contributed by atoms with van der Waals surface area (Å²) in [6.07, 6.45) is 2.23. The Bertz CT molecular complexity index is 469. The minimum absolute atomic E-state index is 0.229. The second kappa shape index (κ2) is 6.15. The zero-order chi connectivity index (χ0) is 13.8. The third-order valence-electron chi connectivity index (χ3n) is 2.72. The van der Waals surface area contributed by atoms with Gasteiger partial charge in [0, 0.05) is 26.8 Å². The Kier molecular flexibility index (Phi) is 5.10. The largest absolute Gasteiger partial charge is 0.373 e. The first-order valence-electron chi connectivity index (χ1n) is 5.98. The second-order valence-electron chi connectivity index (χ2n) is 4.64. The van der Waals surface area contributed by atoms with Gasteiger partial charge in [0.15, 0.2) is 0 Å². The van der Waals surface area contributed by atoms with E-state index in [2.05, 4.69) is 24.1 Å². The van der Waals surface area contributed by atoms with Crippen molar-refractivity contribution in [3.8, 4) is 0 Å². The van der Waals surface area contributed by atoms with Gasteiger partial charge in [0.05, 0.1) is 0 Å². The van der Waals surface area contributed by atoms with Crippen LogP contribution in [0.3, 0.4) is 0 Å². The van der Waals surface area contributed by atoms with Crippen LogP contribution in [0, 0.1) is 5.92 Å². The summed E-state index contributed by atoms with van der Waals surface area (Å²) in [6, 6.07) is 3.23. The number of hydrogen-bond acceptors (Lipinski definition) is 4. The number of rotatable bonds is 6. The van der Waals surface area contributed by atoms with Crippen molar-refractivity contribution in [3.05, 3.63) is 18.3 Å². The highest BCUT2D eigenvalue weighted by Gasteiger charge is 2.20. The molecule has 0 fully saturated rings. The van der Waals surface area contributed by atoms with E-state index in [1.54, 1.807) is 26.2 Å². The zero-order valence-electron chi connectivity index (χ0n) is 11.3. The number of sulfonamides is 1. The molecule has 0 aromatic carbocycles. The molecule has 0 spiro atoms. The Labute approximate surface area is 109 Å². The van der Waals surface area contributed by atoms with Gasteiger partial charge in [-0.2, -0.15) is 0 Å². The smallest absolute Gasteiger partial charge is 0.244 e. The van der Waals surface area contributed by atoms with Crippen LogP contribution in [0.25, 0.3) is 0 Å². The molecule has 1 aromatic heterocycles. The van der Waals surface area contributed by atoms with E-state index in [1.807, 2.05) is 0 Å². The van der Waals surface area contributed by atoms with Gasteiger partial charge < -0.3 is 5.32 Å². The first-order valence-corrected chi connectivity index (χ1v) is 7.42. The maximum Gasteiger partial charge on any atom is 0.244 e. The third kappa shape index (κ3) is 3.68. The fourth-order valence-corrected chi connectivity index (χ4v) is 2.55. The lowest BCUT2D eigenvalue weighted by Gasteiger charge is -2.18. The highest BCUT2D eigenvalue weighted by Crippen LogP contribution is 2.16. The van der Waals surface area contributed by atoms with Crippen molar-refractivity contribution in [2.24, 2.45) is 5.92 Å². The quantitative estimate of drug-likeness (QED) is 0.857. The van der Waals surface area contributed by atoms with Crippen LogP contribution in [0.1, 0.15) is 20.3 Å². The molecule has 0 radical (unpaired) electrons. The van der Waals surface area contributed by atoms with Gasteiger partial charge >= 0.3 is 0 Å². The summed E-state index contributed by atoms with van der Waals surface area (Å²) in [5, 5.41) is 2.86. The fraction of sp³-hybridized carbons (Fsp3) is 0.583. The summed E-state index contributed by atoms with van der Waals surface area (Å²) in [5.41, 5.74) is 0. The van der Waals surface area contributed by atoms with Crippen LogP contribution in [0.15, 0.2) is 23.2 Å². The van der Waals surface area contributed by atoms with Gasteiger partial charge in [-0.15, -0.1) is 0 Å². The van der Waals surface area contributed by atoms with Gasteiger partial charge in [0.1, 0.15) is 10.7 Å². The topological polar surface area (TPSA) is 62.3 Å². The molecule has 0 aliphatic rings. The molecule has 5 nitrogen and oxygen atoms in total. The maximum absolute atomic E-state index is 12.2. The van der Waals surface area contributed by atoms with E-state index < -0.39 is 10.0 Å². The Hall–Kier alpha value is -1.14. The maximum atomic E-state index is 12.2. The summed E-state index contributed by atoms with van der Waals surface area (Å²) < 4.78 is 25.8. The predicted molar refractivity (Wildman–Crippen MR) is 73.1 cm³/mol. The lowest BCUT2D eigenvalue weighted by molar-refractivity contribution is 0.428. The van der Waals surface area contributed by atoms with E-state index in [4.69, 9.17) is 0 Å². The van der Waals surface area contributed by atoms with E-state index in [-0.39, 0.29) is 4.90 Å². The fourth-order valence-electron chi connectivity index (χ4n) is 1.42. The van der Waals surface area contributed by atoms with Crippen LogP contribution >= 0.6 is 0 Å². The van der Waals surface area contributed by atoms with Gasteiger partial charge in [0.2, 0.25) is 10.0 Å². The molecule has 6 heteroatoms. The van der Waals surface area contributed by atoms with E-state index >= 15 is 0 Å². The first kappa shape index (κ1) is 14.9. The molecule has 0 saturated carbocycles. The molecule has 0 aliphatic carbocycles. The zero-order valence-corrected chi connectivity index (χ0v) is 12.2. The Morgan fingerprint density at radius 2 is 2.06 bits per heavy atom. The Morgan fingerprint density at radius 3 is 2.50 bits per heavy atom. The van der Waals surface area contributed by atoms with Gasteiger partial charge in [-0.1, -0.05) is 13.8 Å². The summed E-state index contributed by atoms with van der Waals surface area (Å²) in [7, 11) is -0.0744. The molecule has 1 rings (SSSR count). The molecule has 1 heterocycles. The van der Waals surface area contributed by atoms with Gasteiger partial charge in [-0.05, 0) is 24.5 Å². The standard InChI is InChI=1S/C12H21N3O2S/c1-10(2)7-8-15(4)18(16,17)11-5-6-12(13-3)14-9-11/h5-6,9-10H,7-8H2,1-4H3,(H,13,14). The van der Waals surface area contributed by atoms with Gasteiger partial charge in [0.25, 0.3) is 0 Å². The molecule has 102 valence electrons. The summed E-state index contributed by atoms with van der Waals surface area (Å²) in [4.78, 5) is 4.25. The molecular weight excluding hydrogens is 250 g/mol. The lowest BCUT2D eigenvalue weighted by atomic mass is 10.1. The van der Waals surface area contributed by atoms with Crippen LogP contribution in [0.2, 0.25) is 0 Å². The number of aromatic nitrogens is 1. The van der Waals surface area contributed by atoms with Crippen LogP contribution in [-0.4, -0.2) is 38.3 Å². The Morgan fingerprint density at radius 1 is 1.39 bits per heavy atom. The third-order valence-corrected chi connectivity index (χ3v) is 4.56. The monoisotopic (exact) mass is 271 g/mol. The van der Waals surface area contributed by atoms with Crippen molar-refractivity contribution >= 4 is 15.8 Å². The van der Waals surface area contributed by atoms with Crippen molar-refractivity contribution in [2.75, 3.05) is 26.0 Å². The predicted octanol–water partition coefficient (Wildman–Crippen LogP) is 1.79. The molecule has 18 heavy (non-hydrogen) atoms. The van der Waals surface area contributed by atoms with Crippen LogP contribution in [0.4, 0.5) is 5.82 Å². The summed E-state index contributed by atoms with van der Waals surface area (Å²) in [5.74, 6) is 1.13. The average molecular weight is 271 g/mol. The molecule has 0 aliphatic heterocycles. The highest BCUT2D eigenvalue weighted by atomic mass is 32.2. The number of nitrogens with one attached hydrogen (secondary N) is 1. The molecular formula is C12H21N3O2S. The van der Waals surface area contributed by atoms with E-state index in [1.165, 1.54) is 10.5 Å². The summed E-state index contributed by atoms with van der Waals surface area (Å²) in [6.45, 7) is 4.67. The molecule has 1 aromatic rings. The van der Waals surface area contributed by atoms with Crippen molar-refractivity contribution < 1.29 is 8.42 Å². The van der Waals surface area contributed by atoms with Crippen LogP contribution < -0.4 is 5.32 Å². The lowest BCUT2D eigenvalue weighted by Crippen LogP contribution is -2.28. The summed E-state index contributed by atoms with van der Waals surface area (Å²) >= 11 is 0. The highest BCUT2D eigenvalue weighted by molar-refractivity contribution is 7.89. The molecule has 0 saturated heterocycles. The number of anilines is 1. The number of nitrogens with zero attached hydrogens (tertiary/aromatic N) is 2. The van der Waals surface area contributed by atoms with E-state index in [9.17, 15) is 8.42 Å². The van der Waals surface area contributed by atoms with Crippen molar-refractivity contribution in [1.29, 1.82) is 0 Å². The van der Waals surface area contributed by atoms with Crippen molar-refractivity contribution in [2.45, 2.75) is 25.2 Å². The van der Waals surface area contributed by atoms with Gasteiger partial charge in [-0.25, -0.2) is 17.7 Å². The average Bonchev–Trinajstić information content (AvgIpc) is 2.35. The second-order valence-corrected chi connectivity index (χ2v) is 6.68.